The Labute approximate surface area is 227 Å². The lowest BCUT2D eigenvalue weighted by atomic mass is 9.77. The van der Waals surface area contributed by atoms with E-state index in [1.165, 1.54) is 22.5 Å². The molecule has 0 spiro atoms. The summed E-state index contributed by atoms with van der Waals surface area (Å²) in [6.45, 7) is 5.72. The van der Waals surface area contributed by atoms with Gasteiger partial charge in [-0.25, -0.2) is 0 Å². The number of ether oxygens (including phenoxy) is 1. The number of carbonyl (C=O) groups excluding carboxylic acids is 2. The third kappa shape index (κ3) is 8.68. The first-order valence-electron chi connectivity index (χ1n) is 12.8. The number of thioether (sulfide) groups is 1. The van der Waals surface area contributed by atoms with Gasteiger partial charge < -0.3 is 4.74 Å². The first-order chi connectivity index (χ1) is 17.7. The van der Waals surface area contributed by atoms with E-state index < -0.39 is 5.60 Å². The molecule has 0 radical (unpaired) electrons. The Morgan fingerprint density at radius 3 is 2.35 bits per heavy atom. The number of benzene rings is 2. The third-order valence-electron chi connectivity index (χ3n) is 6.39. The highest BCUT2D eigenvalue weighted by molar-refractivity contribution is 7.97. The van der Waals surface area contributed by atoms with Crippen LogP contribution in [0.25, 0.3) is 0 Å². The van der Waals surface area contributed by atoms with Crippen LogP contribution in [0.3, 0.4) is 0 Å². The van der Waals surface area contributed by atoms with Crippen molar-refractivity contribution in [2.75, 3.05) is 5.32 Å². The van der Waals surface area contributed by atoms with Gasteiger partial charge in [0.1, 0.15) is 10.6 Å². The SMILES string of the molecule is CC(C)(C)OC(=O)C[C@H]1CC[C@H](c2ccc(C(=O)Nc3nnc(CSCc4ccccc4)s3)cc2)CC1. The zero-order chi connectivity index (χ0) is 26.3. The number of aromatic nitrogens is 2. The average Bonchev–Trinajstić information content (AvgIpc) is 3.31. The Morgan fingerprint density at radius 1 is 0.973 bits per heavy atom. The molecule has 1 N–H and O–H groups in total. The summed E-state index contributed by atoms with van der Waals surface area (Å²) in [5.41, 5.74) is 2.71. The van der Waals surface area contributed by atoms with Gasteiger partial charge in [0.2, 0.25) is 5.13 Å². The van der Waals surface area contributed by atoms with Crippen LogP contribution in [0.2, 0.25) is 0 Å². The molecule has 1 aliphatic carbocycles. The van der Waals surface area contributed by atoms with Crippen molar-refractivity contribution in [2.45, 2.75) is 75.9 Å². The molecule has 1 amide bonds. The third-order valence-corrected chi connectivity index (χ3v) is 8.43. The number of carbonyl (C=O) groups is 2. The summed E-state index contributed by atoms with van der Waals surface area (Å²) in [6.07, 6.45) is 4.65. The number of rotatable bonds is 9. The number of hydrogen-bond donors (Lipinski definition) is 1. The van der Waals surface area contributed by atoms with Gasteiger partial charge >= 0.3 is 5.97 Å². The molecule has 1 aromatic heterocycles. The number of hydrogen-bond acceptors (Lipinski definition) is 7. The molecule has 1 aliphatic rings. The molecule has 4 rings (SSSR count). The smallest absolute Gasteiger partial charge is 0.306 e. The fraction of sp³-hybridized carbons (Fsp3) is 0.448. The molecule has 0 aliphatic heterocycles. The molecule has 0 saturated heterocycles. The van der Waals surface area contributed by atoms with E-state index in [0.29, 0.717) is 29.0 Å². The fourth-order valence-corrected chi connectivity index (χ4v) is 6.37. The molecule has 1 heterocycles. The minimum atomic E-state index is -0.428. The maximum Gasteiger partial charge on any atom is 0.306 e. The van der Waals surface area contributed by atoms with Crippen LogP contribution in [0.4, 0.5) is 5.13 Å². The Morgan fingerprint density at radius 2 is 1.68 bits per heavy atom. The Kier molecular flexibility index (Phi) is 9.38. The highest BCUT2D eigenvalue weighted by Crippen LogP contribution is 2.37. The molecular formula is C29H35N3O3S2. The lowest BCUT2D eigenvalue weighted by Gasteiger charge is -2.29. The second kappa shape index (κ2) is 12.7. The maximum absolute atomic E-state index is 12.7. The van der Waals surface area contributed by atoms with Crippen LogP contribution in [-0.4, -0.2) is 27.7 Å². The van der Waals surface area contributed by atoms with Gasteiger partial charge in [0.15, 0.2) is 0 Å². The van der Waals surface area contributed by atoms with Crippen LogP contribution in [0.5, 0.6) is 0 Å². The van der Waals surface area contributed by atoms with E-state index in [1.54, 1.807) is 11.8 Å². The van der Waals surface area contributed by atoms with Gasteiger partial charge in [0.05, 0.1) is 0 Å². The summed E-state index contributed by atoms with van der Waals surface area (Å²) in [4.78, 5) is 24.9. The van der Waals surface area contributed by atoms with Gasteiger partial charge in [-0.1, -0.05) is 53.8 Å². The molecule has 1 fully saturated rings. The maximum atomic E-state index is 12.7. The van der Waals surface area contributed by atoms with Gasteiger partial charge in [0.25, 0.3) is 5.91 Å². The van der Waals surface area contributed by atoms with Crippen molar-refractivity contribution in [2.24, 2.45) is 5.92 Å². The normalized spacial score (nSPS) is 17.8. The summed E-state index contributed by atoms with van der Waals surface area (Å²) in [5, 5.41) is 12.6. The van der Waals surface area contributed by atoms with E-state index in [2.05, 4.69) is 39.8 Å². The molecule has 37 heavy (non-hydrogen) atoms. The van der Waals surface area contributed by atoms with Gasteiger partial charge in [0, 0.05) is 23.5 Å². The van der Waals surface area contributed by atoms with Crippen molar-refractivity contribution in [3.63, 3.8) is 0 Å². The summed E-state index contributed by atoms with van der Waals surface area (Å²) >= 11 is 3.20. The topological polar surface area (TPSA) is 81.2 Å². The molecule has 2 aromatic carbocycles. The van der Waals surface area contributed by atoms with Crippen molar-refractivity contribution >= 4 is 40.1 Å². The van der Waals surface area contributed by atoms with Crippen LogP contribution in [0, 0.1) is 5.92 Å². The minimum Gasteiger partial charge on any atom is -0.460 e. The van der Waals surface area contributed by atoms with Crippen LogP contribution >= 0.6 is 23.1 Å². The lowest BCUT2D eigenvalue weighted by molar-refractivity contribution is -0.156. The predicted octanol–water partition coefficient (Wildman–Crippen LogP) is 7.23. The van der Waals surface area contributed by atoms with Crippen molar-refractivity contribution in [3.05, 3.63) is 76.3 Å². The predicted molar refractivity (Wildman–Crippen MR) is 151 cm³/mol. The molecule has 1 saturated carbocycles. The zero-order valence-electron chi connectivity index (χ0n) is 21.7. The molecule has 0 bridgehead atoms. The monoisotopic (exact) mass is 537 g/mol. The van der Waals surface area contributed by atoms with Gasteiger partial charge in [-0.3, -0.25) is 14.9 Å². The first-order valence-corrected chi connectivity index (χ1v) is 14.8. The minimum absolute atomic E-state index is 0.0974. The molecule has 196 valence electrons. The fourth-order valence-electron chi connectivity index (χ4n) is 4.59. The van der Waals surface area contributed by atoms with Gasteiger partial charge in [-0.2, -0.15) is 0 Å². The average molecular weight is 538 g/mol. The van der Waals surface area contributed by atoms with Crippen LogP contribution in [0.1, 0.15) is 85.3 Å². The Balaban J connectivity index is 1.21. The molecule has 0 atom stereocenters. The van der Waals surface area contributed by atoms with Crippen LogP contribution in [-0.2, 0) is 21.0 Å². The van der Waals surface area contributed by atoms with E-state index in [0.717, 1.165) is 42.2 Å². The summed E-state index contributed by atoms with van der Waals surface area (Å²) in [5.74, 6) is 2.26. The highest BCUT2D eigenvalue weighted by atomic mass is 32.2. The molecule has 8 heteroatoms. The summed E-state index contributed by atoms with van der Waals surface area (Å²) in [7, 11) is 0. The molecule has 6 nitrogen and oxygen atoms in total. The standard InChI is InChI=1S/C29H35N3O3S2/c1-29(2,3)35-26(33)17-20-9-11-22(12-10-20)23-13-15-24(16-14-23)27(34)30-28-32-31-25(37-28)19-36-18-21-7-5-4-6-8-21/h4-8,13-16,20,22H,9-12,17-19H2,1-3H3,(H,30,32,34)/t20-,22-. The zero-order valence-corrected chi connectivity index (χ0v) is 23.4. The van der Waals surface area contributed by atoms with Crippen molar-refractivity contribution in [1.82, 2.24) is 10.2 Å². The Bertz CT molecular complexity index is 1170. The second-order valence-electron chi connectivity index (χ2n) is 10.6. The number of esters is 1. The largest absolute Gasteiger partial charge is 0.460 e. The van der Waals surface area contributed by atoms with Crippen molar-refractivity contribution in [1.29, 1.82) is 0 Å². The first kappa shape index (κ1) is 27.3. The van der Waals surface area contributed by atoms with Gasteiger partial charge in [-0.15, -0.1) is 22.0 Å². The summed E-state index contributed by atoms with van der Waals surface area (Å²) < 4.78 is 5.48. The van der Waals surface area contributed by atoms with Crippen molar-refractivity contribution in [3.8, 4) is 0 Å². The van der Waals surface area contributed by atoms with Crippen molar-refractivity contribution < 1.29 is 14.3 Å². The number of nitrogens with zero attached hydrogens (tertiary/aromatic N) is 2. The van der Waals surface area contributed by atoms with E-state index >= 15 is 0 Å². The highest BCUT2D eigenvalue weighted by Gasteiger charge is 2.26. The molecule has 0 unspecified atom stereocenters. The molecular weight excluding hydrogens is 502 g/mol. The summed E-state index contributed by atoms with van der Waals surface area (Å²) in [6, 6.07) is 18.2. The lowest BCUT2D eigenvalue weighted by Crippen LogP contribution is -2.26. The van der Waals surface area contributed by atoms with Crippen LogP contribution < -0.4 is 5.32 Å². The van der Waals surface area contributed by atoms with Crippen LogP contribution in [0.15, 0.2) is 54.6 Å². The molecule has 3 aromatic rings. The van der Waals surface area contributed by atoms with E-state index in [4.69, 9.17) is 4.74 Å². The van der Waals surface area contributed by atoms with E-state index in [9.17, 15) is 9.59 Å². The van der Waals surface area contributed by atoms with E-state index in [1.807, 2.05) is 51.1 Å². The van der Waals surface area contributed by atoms with Gasteiger partial charge in [-0.05, 0) is 81.5 Å². The van der Waals surface area contributed by atoms with E-state index in [-0.39, 0.29) is 11.9 Å². The number of anilines is 1. The second-order valence-corrected chi connectivity index (χ2v) is 12.6. The Hall–Kier alpha value is -2.71. The number of amides is 1. The number of nitrogens with one attached hydrogen (secondary N) is 1. The quantitative estimate of drug-likeness (QED) is 0.290.